The second-order valence-electron chi connectivity index (χ2n) is 9.96. The smallest absolute Gasteiger partial charge is 0.250 e. The van der Waals surface area contributed by atoms with Crippen molar-refractivity contribution in [3.8, 4) is 0 Å². The molecule has 0 aliphatic carbocycles. The molecule has 3 aliphatic heterocycles. The monoisotopic (exact) mass is 450 g/mol. The van der Waals surface area contributed by atoms with Crippen LogP contribution in [0.25, 0.3) is 0 Å². The molecule has 0 aromatic carbocycles. The molecule has 176 valence electrons. The van der Waals surface area contributed by atoms with E-state index in [2.05, 4.69) is 31.2 Å². The molecule has 33 heavy (non-hydrogen) atoms. The van der Waals surface area contributed by atoms with Gasteiger partial charge in [0.1, 0.15) is 0 Å². The van der Waals surface area contributed by atoms with Crippen LogP contribution in [0.4, 0.5) is 5.95 Å². The minimum Gasteiger partial charge on any atom is -0.355 e. The van der Waals surface area contributed by atoms with E-state index in [0.717, 1.165) is 75.9 Å². The fourth-order valence-corrected chi connectivity index (χ4v) is 5.85. The molecular formula is C25H34N6O2. The first-order valence-corrected chi connectivity index (χ1v) is 12.2. The zero-order valence-electron chi connectivity index (χ0n) is 19.7. The minimum absolute atomic E-state index is 0.0617. The van der Waals surface area contributed by atoms with Gasteiger partial charge in [0.15, 0.2) is 0 Å². The Morgan fingerprint density at radius 3 is 2.61 bits per heavy atom. The number of piperidine rings is 2. The number of anilines is 1. The van der Waals surface area contributed by atoms with Crippen LogP contribution in [0.5, 0.6) is 0 Å². The summed E-state index contributed by atoms with van der Waals surface area (Å²) >= 11 is 0. The van der Waals surface area contributed by atoms with Crippen molar-refractivity contribution in [2.45, 2.75) is 45.6 Å². The Hall–Kier alpha value is -2.74. The van der Waals surface area contributed by atoms with Crippen LogP contribution < -0.4 is 15.8 Å². The molecule has 8 nitrogen and oxygen atoms in total. The molecule has 5 heterocycles. The van der Waals surface area contributed by atoms with Gasteiger partial charge < -0.3 is 19.7 Å². The van der Waals surface area contributed by atoms with Crippen LogP contribution >= 0.6 is 0 Å². The third kappa shape index (κ3) is 4.81. The Bertz CT molecular complexity index is 1050. The number of aryl methyl sites for hydroxylation is 2. The number of amides is 1. The highest BCUT2D eigenvalue weighted by Crippen LogP contribution is 2.34. The van der Waals surface area contributed by atoms with Crippen molar-refractivity contribution in [3.63, 3.8) is 0 Å². The fourth-order valence-electron chi connectivity index (χ4n) is 5.85. The summed E-state index contributed by atoms with van der Waals surface area (Å²) in [5.41, 5.74) is 3.26. The van der Waals surface area contributed by atoms with Gasteiger partial charge in [-0.2, -0.15) is 0 Å². The molecule has 1 N–H and O–H groups in total. The van der Waals surface area contributed by atoms with Crippen LogP contribution in [0.2, 0.25) is 0 Å². The third-order valence-electron chi connectivity index (χ3n) is 7.40. The van der Waals surface area contributed by atoms with Crippen LogP contribution in [0.3, 0.4) is 0 Å². The Labute approximate surface area is 195 Å². The minimum atomic E-state index is 0.0617. The van der Waals surface area contributed by atoms with Crippen molar-refractivity contribution in [2.75, 3.05) is 44.2 Å². The molecule has 2 fully saturated rings. The molecule has 8 heteroatoms. The highest BCUT2D eigenvalue weighted by Gasteiger charge is 2.34. The maximum atomic E-state index is 12.8. The van der Waals surface area contributed by atoms with Gasteiger partial charge in [0.2, 0.25) is 11.9 Å². The van der Waals surface area contributed by atoms with Gasteiger partial charge in [0, 0.05) is 80.8 Å². The second kappa shape index (κ2) is 9.25. The molecule has 0 radical (unpaired) electrons. The van der Waals surface area contributed by atoms with Gasteiger partial charge in [-0.25, -0.2) is 9.97 Å². The molecule has 2 atom stereocenters. The second-order valence-corrected chi connectivity index (χ2v) is 9.96. The Morgan fingerprint density at radius 1 is 1.09 bits per heavy atom. The van der Waals surface area contributed by atoms with E-state index in [-0.39, 0.29) is 17.4 Å². The van der Waals surface area contributed by atoms with E-state index in [1.165, 1.54) is 5.69 Å². The lowest BCUT2D eigenvalue weighted by Gasteiger charge is -2.42. The average molecular weight is 451 g/mol. The van der Waals surface area contributed by atoms with Crippen molar-refractivity contribution in [1.29, 1.82) is 0 Å². The predicted molar refractivity (Wildman–Crippen MR) is 127 cm³/mol. The summed E-state index contributed by atoms with van der Waals surface area (Å²) in [5, 5.41) is 3.18. The molecule has 2 bridgehead atoms. The number of aromatic nitrogens is 3. The predicted octanol–water partition coefficient (Wildman–Crippen LogP) is 1.71. The number of nitrogens with zero attached hydrogens (tertiary/aromatic N) is 5. The van der Waals surface area contributed by atoms with Crippen molar-refractivity contribution in [3.05, 3.63) is 51.7 Å². The van der Waals surface area contributed by atoms with E-state index in [4.69, 9.17) is 0 Å². The molecule has 2 aromatic heterocycles. The number of carbonyl (C=O) groups excluding carboxylic acids is 1. The van der Waals surface area contributed by atoms with Gasteiger partial charge >= 0.3 is 0 Å². The number of carbonyl (C=O) groups is 1. The number of rotatable bonds is 5. The number of hydrogen-bond donors (Lipinski definition) is 1. The molecule has 2 aromatic rings. The number of likely N-dealkylation sites (tertiary alicyclic amines) is 1. The largest absolute Gasteiger partial charge is 0.355 e. The van der Waals surface area contributed by atoms with Crippen LogP contribution in [0.15, 0.2) is 29.1 Å². The SMILES string of the molecule is Cc1cc(C)nc(N2CCC(C(=O)NCCN3C[C@H]4C[C@@H](C3)c3cccc(=O)n3C4)CC2)n1. The van der Waals surface area contributed by atoms with Gasteiger partial charge in [0.05, 0.1) is 0 Å². The summed E-state index contributed by atoms with van der Waals surface area (Å²) in [6.45, 7) is 9.94. The first-order valence-electron chi connectivity index (χ1n) is 12.2. The first kappa shape index (κ1) is 22.1. The molecule has 5 rings (SSSR count). The van der Waals surface area contributed by atoms with Crippen LogP contribution in [0, 0.1) is 25.7 Å². The average Bonchev–Trinajstić information content (AvgIpc) is 2.79. The molecule has 3 aliphatic rings. The Balaban J connectivity index is 1.09. The van der Waals surface area contributed by atoms with Gasteiger partial charge in [-0.05, 0) is 51.2 Å². The maximum absolute atomic E-state index is 12.8. The Morgan fingerprint density at radius 2 is 1.85 bits per heavy atom. The molecule has 0 saturated carbocycles. The van der Waals surface area contributed by atoms with Gasteiger partial charge in [-0.15, -0.1) is 0 Å². The zero-order valence-corrected chi connectivity index (χ0v) is 19.7. The van der Waals surface area contributed by atoms with Crippen LogP contribution in [-0.4, -0.2) is 64.6 Å². The van der Waals surface area contributed by atoms with Crippen molar-refractivity contribution >= 4 is 11.9 Å². The lowest BCUT2D eigenvalue weighted by Crippen LogP contribution is -2.49. The van der Waals surface area contributed by atoms with Crippen LogP contribution in [0.1, 0.15) is 42.3 Å². The van der Waals surface area contributed by atoms with E-state index in [1.54, 1.807) is 6.07 Å². The number of hydrogen-bond acceptors (Lipinski definition) is 6. The highest BCUT2D eigenvalue weighted by molar-refractivity contribution is 5.78. The van der Waals surface area contributed by atoms with Gasteiger partial charge in [0.25, 0.3) is 5.56 Å². The summed E-state index contributed by atoms with van der Waals surface area (Å²) in [4.78, 5) is 38.7. The number of nitrogens with one attached hydrogen (secondary N) is 1. The van der Waals surface area contributed by atoms with E-state index in [1.807, 2.05) is 30.5 Å². The topological polar surface area (TPSA) is 83.4 Å². The molecule has 1 amide bonds. The van der Waals surface area contributed by atoms with E-state index >= 15 is 0 Å². The molecular weight excluding hydrogens is 416 g/mol. The molecule has 0 unspecified atom stereocenters. The third-order valence-corrected chi connectivity index (χ3v) is 7.40. The maximum Gasteiger partial charge on any atom is 0.250 e. The van der Waals surface area contributed by atoms with Crippen molar-refractivity contribution < 1.29 is 4.79 Å². The zero-order chi connectivity index (χ0) is 22.9. The number of fused-ring (bicyclic) bond motifs is 4. The summed E-state index contributed by atoms with van der Waals surface area (Å²) < 4.78 is 1.97. The van der Waals surface area contributed by atoms with Gasteiger partial charge in [-0.3, -0.25) is 9.59 Å². The standard InChI is InChI=1S/C25H34N6O2/c1-17-12-18(2)28-25(27-17)30-9-6-20(7-10-30)24(33)26-8-11-29-14-19-13-21(16-29)22-4-3-5-23(32)31(22)15-19/h3-5,12,19-21H,6-11,13-16H2,1-2H3,(H,26,33)/t19-,21+/m1/s1. The Kier molecular flexibility index (Phi) is 6.19. The summed E-state index contributed by atoms with van der Waals surface area (Å²) in [6.07, 6.45) is 2.83. The van der Waals surface area contributed by atoms with Crippen LogP contribution in [-0.2, 0) is 11.3 Å². The summed E-state index contributed by atoms with van der Waals surface area (Å²) in [7, 11) is 0. The fraction of sp³-hybridized carbons (Fsp3) is 0.600. The van der Waals surface area contributed by atoms with E-state index in [9.17, 15) is 9.59 Å². The van der Waals surface area contributed by atoms with Crippen molar-refractivity contribution in [1.82, 2.24) is 24.8 Å². The quantitative estimate of drug-likeness (QED) is 0.747. The van der Waals surface area contributed by atoms with E-state index < -0.39 is 0 Å². The summed E-state index contributed by atoms with van der Waals surface area (Å²) in [5.74, 6) is 1.95. The lowest BCUT2D eigenvalue weighted by atomic mass is 9.83. The highest BCUT2D eigenvalue weighted by atomic mass is 16.2. The molecule has 2 saturated heterocycles. The normalized spacial score (nSPS) is 23.3. The lowest BCUT2D eigenvalue weighted by molar-refractivity contribution is -0.125. The van der Waals surface area contributed by atoms with Crippen molar-refractivity contribution in [2.24, 2.45) is 11.8 Å². The van der Waals surface area contributed by atoms with Gasteiger partial charge in [-0.1, -0.05) is 6.07 Å². The summed E-state index contributed by atoms with van der Waals surface area (Å²) in [6, 6.07) is 7.63. The first-order chi connectivity index (χ1) is 16.0. The number of pyridine rings is 1. The molecule has 0 spiro atoms. The van der Waals surface area contributed by atoms with E-state index in [0.29, 0.717) is 18.4 Å².